The van der Waals surface area contributed by atoms with Crippen LogP contribution in [0, 0.1) is 14.1 Å². The zero-order valence-electron chi connectivity index (χ0n) is 8.61. The fourth-order valence-corrected chi connectivity index (χ4v) is 2.31. The SMILES string of the molecule is [CH2-]N1CCc2c(n([CH2-])c3ncccc23)C1. The fraction of sp³-hybridized carbons (Fsp3) is 0.250. The first-order chi connectivity index (χ1) is 7.27. The highest BCUT2D eigenvalue weighted by Gasteiger charge is 2.12. The molecule has 3 nitrogen and oxygen atoms in total. The van der Waals surface area contributed by atoms with Crippen LogP contribution in [-0.2, 0) is 13.0 Å². The van der Waals surface area contributed by atoms with Crippen LogP contribution in [0.2, 0.25) is 0 Å². The Morgan fingerprint density at radius 2 is 2.20 bits per heavy atom. The minimum absolute atomic E-state index is 0.870. The van der Waals surface area contributed by atoms with Crippen molar-refractivity contribution in [1.29, 1.82) is 0 Å². The van der Waals surface area contributed by atoms with Gasteiger partial charge in [0.05, 0.1) is 0 Å². The van der Waals surface area contributed by atoms with E-state index in [2.05, 4.69) is 30.0 Å². The molecular formula is C12H13N3-2. The van der Waals surface area contributed by atoms with Crippen LogP contribution >= 0.6 is 0 Å². The summed E-state index contributed by atoms with van der Waals surface area (Å²) in [5, 5.41) is 1.25. The summed E-state index contributed by atoms with van der Waals surface area (Å²) in [5.41, 5.74) is 3.63. The third kappa shape index (κ3) is 1.16. The highest BCUT2D eigenvalue weighted by atomic mass is 15.1. The first kappa shape index (κ1) is 8.80. The maximum Gasteiger partial charge on any atom is 0.0324 e. The molecule has 0 unspecified atom stereocenters. The Labute approximate surface area is 89.3 Å². The van der Waals surface area contributed by atoms with Crippen LogP contribution in [0.1, 0.15) is 11.3 Å². The molecule has 0 bridgehead atoms. The number of rotatable bonds is 0. The van der Waals surface area contributed by atoms with Crippen molar-refractivity contribution in [3.05, 3.63) is 43.7 Å². The molecule has 3 rings (SSSR count). The van der Waals surface area contributed by atoms with Crippen LogP contribution < -0.4 is 0 Å². The van der Waals surface area contributed by atoms with E-state index < -0.39 is 0 Å². The molecule has 0 saturated heterocycles. The van der Waals surface area contributed by atoms with Gasteiger partial charge in [-0.25, -0.2) is 0 Å². The Kier molecular flexibility index (Phi) is 1.76. The van der Waals surface area contributed by atoms with E-state index in [0.29, 0.717) is 0 Å². The third-order valence-electron chi connectivity index (χ3n) is 3.09. The molecule has 78 valence electrons. The number of aromatic nitrogens is 2. The number of hydrogen-bond donors (Lipinski definition) is 0. The molecule has 0 fully saturated rings. The van der Waals surface area contributed by atoms with Gasteiger partial charge in [0.15, 0.2) is 0 Å². The standard InChI is InChI=1S/C12H13N3/c1-14-7-5-9-10-4-3-6-13-12(10)15(2)11(9)8-14/h3-4,6H,1-2,5,7-8H2/q-2. The quantitative estimate of drug-likeness (QED) is 0.603. The van der Waals surface area contributed by atoms with Gasteiger partial charge in [-0.15, -0.1) is 7.05 Å². The lowest BCUT2D eigenvalue weighted by Gasteiger charge is -2.34. The van der Waals surface area contributed by atoms with Gasteiger partial charge in [-0.1, -0.05) is 17.3 Å². The van der Waals surface area contributed by atoms with Crippen LogP contribution in [0.4, 0.5) is 0 Å². The van der Waals surface area contributed by atoms with Crippen LogP contribution in [0.3, 0.4) is 0 Å². The van der Waals surface area contributed by atoms with Crippen molar-refractivity contribution in [2.24, 2.45) is 0 Å². The molecule has 0 radical (unpaired) electrons. The molecule has 3 heteroatoms. The van der Waals surface area contributed by atoms with Crippen molar-refractivity contribution < 1.29 is 0 Å². The monoisotopic (exact) mass is 199 g/mol. The molecule has 0 N–H and O–H groups in total. The second-order valence-corrected chi connectivity index (χ2v) is 4.03. The normalized spacial score (nSPS) is 16.9. The van der Waals surface area contributed by atoms with E-state index in [-0.39, 0.29) is 0 Å². The molecule has 0 aliphatic carbocycles. The second-order valence-electron chi connectivity index (χ2n) is 4.03. The molecule has 0 saturated carbocycles. The van der Waals surface area contributed by atoms with Crippen LogP contribution in [0.5, 0.6) is 0 Å². The van der Waals surface area contributed by atoms with E-state index in [4.69, 9.17) is 0 Å². The molecule has 1 aliphatic rings. The first-order valence-corrected chi connectivity index (χ1v) is 5.11. The van der Waals surface area contributed by atoms with E-state index in [9.17, 15) is 0 Å². The smallest absolute Gasteiger partial charge is 0.0324 e. The molecule has 1 aliphatic heterocycles. The summed E-state index contributed by atoms with van der Waals surface area (Å²) in [6.45, 7) is 1.89. The molecule has 2 aromatic heterocycles. The molecule has 3 heterocycles. The summed E-state index contributed by atoms with van der Waals surface area (Å²) >= 11 is 0. The Morgan fingerprint density at radius 1 is 1.33 bits per heavy atom. The summed E-state index contributed by atoms with van der Waals surface area (Å²) < 4.78 is 1.95. The number of nitrogens with zero attached hydrogens (tertiary/aromatic N) is 3. The predicted molar refractivity (Wildman–Crippen MR) is 60.0 cm³/mol. The molecule has 2 aromatic rings. The molecule has 0 atom stereocenters. The van der Waals surface area contributed by atoms with Crippen LogP contribution in [0.25, 0.3) is 11.0 Å². The van der Waals surface area contributed by atoms with E-state index in [1.54, 1.807) is 0 Å². The number of hydrogen-bond acceptors (Lipinski definition) is 2. The zero-order valence-corrected chi connectivity index (χ0v) is 8.61. The van der Waals surface area contributed by atoms with Gasteiger partial charge >= 0.3 is 0 Å². The Morgan fingerprint density at radius 3 is 3.07 bits per heavy atom. The minimum Gasteiger partial charge on any atom is -0.468 e. The number of pyridine rings is 1. The maximum atomic E-state index is 4.37. The second kappa shape index (κ2) is 3.00. The maximum absolute atomic E-state index is 4.37. The average molecular weight is 199 g/mol. The molecular weight excluding hydrogens is 186 g/mol. The average Bonchev–Trinajstić information content (AvgIpc) is 2.54. The summed E-state index contributed by atoms with van der Waals surface area (Å²) in [7, 11) is 8.04. The van der Waals surface area contributed by atoms with E-state index >= 15 is 0 Å². The van der Waals surface area contributed by atoms with E-state index in [0.717, 1.165) is 25.2 Å². The van der Waals surface area contributed by atoms with Crippen molar-refractivity contribution in [3.63, 3.8) is 0 Å². The highest BCUT2D eigenvalue weighted by Crippen LogP contribution is 2.28. The number of fused-ring (bicyclic) bond motifs is 3. The van der Waals surface area contributed by atoms with Crippen molar-refractivity contribution in [2.75, 3.05) is 6.54 Å². The lowest BCUT2D eigenvalue weighted by atomic mass is 10.1. The summed E-state index contributed by atoms with van der Waals surface area (Å²) in [4.78, 5) is 6.44. The Bertz CT molecular complexity index is 513. The summed E-state index contributed by atoms with van der Waals surface area (Å²) in [6.07, 6.45) is 2.86. The lowest BCUT2D eigenvalue weighted by molar-refractivity contribution is 0.341. The third-order valence-corrected chi connectivity index (χ3v) is 3.09. The van der Waals surface area contributed by atoms with Crippen molar-refractivity contribution in [1.82, 2.24) is 14.5 Å². The van der Waals surface area contributed by atoms with Gasteiger partial charge in [-0.3, -0.25) is 7.05 Å². The van der Waals surface area contributed by atoms with Crippen molar-refractivity contribution in [3.8, 4) is 0 Å². The zero-order chi connectivity index (χ0) is 10.4. The highest BCUT2D eigenvalue weighted by molar-refractivity contribution is 5.82. The predicted octanol–water partition coefficient (Wildman–Crippen LogP) is 1.83. The largest absolute Gasteiger partial charge is 0.468 e. The molecule has 0 aromatic carbocycles. The Hall–Kier alpha value is -1.48. The van der Waals surface area contributed by atoms with Gasteiger partial charge in [-0.05, 0) is 31.0 Å². The topological polar surface area (TPSA) is 21.1 Å². The van der Waals surface area contributed by atoms with Crippen LogP contribution in [-0.4, -0.2) is 21.0 Å². The summed E-state index contributed by atoms with van der Waals surface area (Å²) in [6, 6.07) is 4.11. The van der Waals surface area contributed by atoms with Gasteiger partial charge in [0.1, 0.15) is 0 Å². The van der Waals surface area contributed by atoms with Gasteiger partial charge in [0, 0.05) is 11.8 Å². The van der Waals surface area contributed by atoms with Crippen molar-refractivity contribution >= 4 is 11.0 Å². The summed E-state index contributed by atoms with van der Waals surface area (Å²) in [5.74, 6) is 0. The first-order valence-electron chi connectivity index (χ1n) is 5.11. The minimum atomic E-state index is 0.870. The van der Waals surface area contributed by atoms with E-state index in [1.807, 2.05) is 16.8 Å². The van der Waals surface area contributed by atoms with Gasteiger partial charge in [-0.2, -0.15) is 0 Å². The molecule has 0 spiro atoms. The Balaban J connectivity index is 2.32. The van der Waals surface area contributed by atoms with Gasteiger partial charge in [0.25, 0.3) is 0 Å². The fourth-order valence-electron chi connectivity index (χ4n) is 2.31. The van der Waals surface area contributed by atoms with Crippen LogP contribution in [0.15, 0.2) is 18.3 Å². The molecule has 15 heavy (non-hydrogen) atoms. The van der Waals surface area contributed by atoms with Crippen molar-refractivity contribution in [2.45, 2.75) is 13.0 Å². The van der Waals surface area contributed by atoms with Gasteiger partial charge < -0.3 is 14.5 Å². The van der Waals surface area contributed by atoms with Gasteiger partial charge in [0.2, 0.25) is 0 Å². The van der Waals surface area contributed by atoms with E-state index in [1.165, 1.54) is 16.6 Å². The lowest BCUT2D eigenvalue weighted by Crippen LogP contribution is -2.25. The molecule has 0 amide bonds.